The molecular formula is C15H23BrN2O. The molecule has 1 aromatic rings. The van der Waals surface area contributed by atoms with E-state index in [4.69, 9.17) is 9.84 Å². The fraction of sp³-hybridized carbons (Fsp3) is 0.800. The largest absolute Gasteiger partial charge is 0.381 e. The quantitative estimate of drug-likeness (QED) is 0.788. The van der Waals surface area contributed by atoms with Gasteiger partial charge >= 0.3 is 0 Å². The van der Waals surface area contributed by atoms with Crippen LogP contribution in [0.1, 0.15) is 50.3 Å². The van der Waals surface area contributed by atoms with Gasteiger partial charge in [-0.25, -0.2) is 0 Å². The van der Waals surface area contributed by atoms with Gasteiger partial charge in [0.15, 0.2) is 0 Å². The fourth-order valence-corrected chi connectivity index (χ4v) is 4.15. The molecule has 0 spiro atoms. The number of aromatic nitrogens is 2. The Kier molecular flexibility index (Phi) is 4.27. The van der Waals surface area contributed by atoms with Gasteiger partial charge in [0.2, 0.25) is 0 Å². The van der Waals surface area contributed by atoms with Crippen molar-refractivity contribution in [1.82, 2.24) is 9.78 Å². The van der Waals surface area contributed by atoms with E-state index in [0.717, 1.165) is 37.8 Å². The summed E-state index contributed by atoms with van der Waals surface area (Å²) >= 11 is 3.71. The predicted octanol–water partition coefficient (Wildman–Crippen LogP) is 3.73. The van der Waals surface area contributed by atoms with Crippen LogP contribution in [0.5, 0.6) is 0 Å². The maximum Gasteiger partial charge on any atom is 0.0630 e. The molecule has 1 saturated carbocycles. The molecule has 1 aromatic heterocycles. The Balaban J connectivity index is 1.68. The molecule has 2 heterocycles. The Hall–Kier alpha value is -0.350. The van der Waals surface area contributed by atoms with Gasteiger partial charge in [0.25, 0.3) is 0 Å². The number of rotatable bonds is 4. The van der Waals surface area contributed by atoms with Crippen LogP contribution in [-0.4, -0.2) is 28.3 Å². The molecule has 19 heavy (non-hydrogen) atoms. The van der Waals surface area contributed by atoms with E-state index >= 15 is 0 Å². The number of nitrogens with zero attached hydrogens (tertiary/aromatic N) is 2. The lowest BCUT2D eigenvalue weighted by molar-refractivity contribution is 0.0265. The molecule has 1 saturated heterocycles. The second kappa shape index (κ2) is 5.96. The zero-order chi connectivity index (χ0) is 13.1. The molecular weight excluding hydrogens is 304 g/mol. The van der Waals surface area contributed by atoms with Crippen LogP contribution in [0.15, 0.2) is 12.3 Å². The molecule has 0 unspecified atom stereocenters. The maximum atomic E-state index is 5.50. The summed E-state index contributed by atoms with van der Waals surface area (Å²) in [4.78, 5) is 0. The van der Waals surface area contributed by atoms with Crippen molar-refractivity contribution in [2.75, 3.05) is 18.5 Å². The fourth-order valence-electron chi connectivity index (χ4n) is 3.39. The molecule has 2 fully saturated rings. The Morgan fingerprint density at radius 2 is 2.05 bits per heavy atom. The molecule has 3 rings (SSSR count). The number of halogens is 1. The molecule has 4 heteroatoms. The van der Waals surface area contributed by atoms with Crippen LogP contribution in [0.4, 0.5) is 0 Å². The number of hydrogen-bond acceptors (Lipinski definition) is 2. The van der Waals surface area contributed by atoms with Crippen molar-refractivity contribution in [3.63, 3.8) is 0 Å². The molecule has 1 aliphatic carbocycles. The van der Waals surface area contributed by atoms with Gasteiger partial charge in [-0.1, -0.05) is 28.8 Å². The molecule has 0 aromatic carbocycles. The van der Waals surface area contributed by atoms with E-state index in [2.05, 4.69) is 32.9 Å². The average molecular weight is 327 g/mol. The van der Waals surface area contributed by atoms with E-state index in [-0.39, 0.29) is 0 Å². The van der Waals surface area contributed by atoms with Crippen LogP contribution < -0.4 is 0 Å². The second-order valence-corrected chi connectivity index (χ2v) is 6.71. The molecule has 0 atom stereocenters. The van der Waals surface area contributed by atoms with Gasteiger partial charge in [-0.15, -0.1) is 0 Å². The monoisotopic (exact) mass is 326 g/mol. The standard InChI is InChI=1S/C15H23BrN2O/c16-12-15(6-9-19-10-7-15)11-13-5-8-18(17-13)14-3-1-2-4-14/h5,8,14H,1-4,6-7,9-12H2. The molecule has 0 bridgehead atoms. The molecule has 0 N–H and O–H groups in total. The first-order chi connectivity index (χ1) is 9.31. The van der Waals surface area contributed by atoms with Gasteiger partial charge in [-0.2, -0.15) is 5.10 Å². The van der Waals surface area contributed by atoms with Crippen molar-refractivity contribution < 1.29 is 4.74 Å². The highest BCUT2D eigenvalue weighted by atomic mass is 79.9. The van der Waals surface area contributed by atoms with E-state index in [0.29, 0.717) is 11.5 Å². The van der Waals surface area contributed by atoms with Crippen LogP contribution >= 0.6 is 15.9 Å². The summed E-state index contributed by atoms with van der Waals surface area (Å²) in [5.74, 6) is 0. The van der Waals surface area contributed by atoms with Crippen LogP contribution in [-0.2, 0) is 11.2 Å². The zero-order valence-electron chi connectivity index (χ0n) is 11.5. The van der Waals surface area contributed by atoms with Crippen LogP contribution in [0, 0.1) is 5.41 Å². The lowest BCUT2D eigenvalue weighted by atomic mass is 9.78. The molecule has 1 aliphatic heterocycles. The summed E-state index contributed by atoms with van der Waals surface area (Å²) in [7, 11) is 0. The summed E-state index contributed by atoms with van der Waals surface area (Å²) in [6, 6.07) is 2.88. The summed E-state index contributed by atoms with van der Waals surface area (Å²) < 4.78 is 7.72. The molecule has 2 aliphatic rings. The maximum absolute atomic E-state index is 5.50. The Morgan fingerprint density at radius 3 is 2.74 bits per heavy atom. The van der Waals surface area contributed by atoms with Gasteiger partial charge < -0.3 is 4.74 Å². The Morgan fingerprint density at radius 1 is 1.32 bits per heavy atom. The minimum absolute atomic E-state index is 0.354. The van der Waals surface area contributed by atoms with Crippen LogP contribution in [0.25, 0.3) is 0 Å². The lowest BCUT2D eigenvalue weighted by Gasteiger charge is -2.35. The highest BCUT2D eigenvalue weighted by Gasteiger charge is 2.32. The van der Waals surface area contributed by atoms with E-state index in [1.165, 1.54) is 31.4 Å². The Bertz CT molecular complexity index is 406. The summed E-state index contributed by atoms with van der Waals surface area (Å²) in [6.45, 7) is 1.80. The normalized spacial score (nSPS) is 23.8. The molecule has 3 nitrogen and oxygen atoms in total. The van der Waals surface area contributed by atoms with E-state index in [1.807, 2.05) is 0 Å². The molecule has 106 valence electrons. The van der Waals surface area contributed by atoms with E-state index in [9.17, 15) is 0 Å². The van der Waals surface area contributed by atoms with Gasteiger partial charge in [-0.05, 0) is 43.6 Å². The molecule has 0 amide bonds. The van der Waals surface area contributed by atoms with Gasteiger partial charge in [-0.3, -0.25) is 4.68 Å². The van der Waals surface area contributed by atoms with Crippen LogP contribution in [0.3, 0.4) is 0 Å². The lowest BCUT2D eigenvalue weighted by Crippen LogP contribution is -2.33. The predicted molar refractivity (Wildman–Crippen MR) is 79.7 cm³/mol. The Labute approximate surface area is 123 Å². The topological polar surface area (TPSA) is 27.1 Å². The summed E-state index contributed by atoms with van der Waals surface area (Å²) in [5, 5.41) is 5.89. The summed E-state index contributed by atoms with van der Waals surface area (Å²) in [6.07, 6.45) is 10.9. The van der Waals surface area contributed by atoms with Crippen molar-refractivity contribution in [2.45, 2.75) is 51.0 Å². The average Bonchev–Trinajstić information content (AvgIpc) is 3.10. The van der Waals surface area contributed by atoms with Crippen molar-refractivity contribution in [2.24, 2.45) is 5.41 Å². The zero-order valence-corrected chi connectivity index (χ0v) is 13.1. The first-order valence-corrected chi connectivity index (χ1v) is 8.61. The highest BCUT2D eigenvalue weighted by Crippen LogP contribution is 2.36. The van der Waals surface area contributed by atoms with Crippen molar-refractivity contribution in [3.05, 3.63) is 18.0 Å². The van der Waals surface area contributed by atoms with E-state index in [1.54, 1.807) is 0 Å². The van der Waals surface area contributed by atoms with Gasteiger partial charge in [0, 0.05) is 24.7 Å². The van der Waals surface area contributed by atoms with Crippen molar-refractivity contribution >= 4 is 15.9 Å². The SMILES string of the molecule is BrCC1(Cc2ccn(C3CCCC3)n2)CCOCC1. The highest BCUT2D eigenvalue weighted by molar-refractivity contribution is 9.09. The smallest absolute Gasteiger partial charge is 0.0630 e. The number of ether oxygens (including phenoxy) is 1. The molecule has 0 radical (unpaired) electrons. The first-order valence-electron chi connectivity index (χ1n) is 7.49. The minimum Gasteiger partial charge on any atom is -0.381 e. The van der Waals surface area contributed by atoms with Gasteiger partial charge in [0.1, 0.15) is 0 Å². The number of alkyl halides is 1. The third-order valence-electron chi connectivity index (χ3n) is 4.76. The van der Waals surface area contributed by atoms with Crippen molar-refractivity contribution in [3.8, 4) is 0 Å². The van der Waals surface area contributed by atoms with E-state index < -0.39 is 0 Å². The minimum atomic E-state index is 0.354. The van der Waals surface area contributed by atoms with Gasteiger partial charge in [0.05, 0.1) is 11.7 Å². The summed E-state index contributed by atoms with van der Waals surface area (Å²) in [5.41, 5.74) is 1.61. The number of hydrogen-bond donors (Lipinski definition) is 0. The van der Waals surface area contributed by atoms with Crippen molar-refractivity contribution in [1.29, 1.82) is 0 Å². The first kappa shape index (κ1) is 13.6. The third kappa shape index (κ3) is 3.05. The van der Waals surface area contributed by atoms with Crippen LogP contribution in [0.2, 0.25) is 0 Å². The second-order valence-electron chi connectivity index (χ2n) is 6.15. The third-order valence-corrected chi connectivity index (χ3v) is 5.94.